The van der Waals surface area contributed by atoms with Crippen LogP contribution in [-0.2, 0) is 20.6 Å². The number of hydrogen-bond donors (Lipinski definition) is 0. The van der Waals surface area contributed by atoms with E-state index in [9.17, 15) is 27.6 Å². The Morgan fingerprint density at radius 3 is 2.44 bits per heavy atom. The lowest BCUT2D eigenvalue weighted by atomic mass is 10.1. The lowest BCUT2D eigenvalue weighted by Gasteiger charge is -2.21. The van der Waals surface area contributed by atoms with Crippen molar-refractivity contribution in [2.75, 3.05) is 4.90 Å². The minimum absolute atomic E-state index is 0.0901. The number of thiocarbonyl (C=S) groups is 1. The monoisotopic (exact) mass is 496 g/mol. The van der Waals surface area contributed by atoms with Crippen molar-refractivity contribution in [3.05, 3.63) is 69.6 Å². The van der Waals surface area contributed by atoms with Gasteiger partial charge in [0.25, 0.3) is 11.8 Å². The zero-order valence-electron chi connectivity index (χ0n) is 15.9. The van der Waals surface area contributed by atoms with Crippen LogP contribution >= 0.6 is 35.6 Å². The van der Waals surface area contributed by atoms with Crippen LogP contribution in [0.5, 0.6) is 0 Å². The van der Waals surface area contributed by atoms with Crippen LogP contribution in [0.15, 0.2) is 53.4 Å². The summed E-state index contributed by atoms with van der Waals surface area (Å²) in [7, 11) is 0. The Kier molecular flexibility index (Phi) is 5.87. The summed E-state index contributed by atoms with van der Waals surface area (Å²) in [4.78, 5) is 40.5. The van der Waals surface area contributed by atoms with E-state index in [1.165, 1.54) is 6.07 Å². The molecule has 2 aromatic rings. The van der Waals surface area contributed by atoms with Crippen LogP contribution in [0.3, 0.4) is 0 Å². The van der Waals surface area contributed by atoms with Gasteiger partial charge in [0.15, 0.2) is 0 Å². The first-order chi connectivity index (χ1) is 15.1. The summed E-state index contributed by atoms with van der Waals surface area (Å²) in [6, 6.07) is 9.40. The number of carbonyl (C=O) groups excluding carboxylic acids is 3. The van der Waals surface area contributed by atoms with Crippen LogP contribution in [0.25, 0.3) is 6.08 Å². The van der Waals surface area contributed by atoms with Gasteiger partial charge >= 0.3 is 6.18 Å². The second-order valence-electron chi connectivity index (χ2n) is 6.94. The highest BCUT2D eigenvalue weighted by Crippen LogP contribution is 2.38. The Bertz CT molecular complexity index is 1180. The molecule has 2 saturated heterocycles. The summed E-state index contributed by atoms with van der Waals surface area (Å²) in [5.74, 6) is -2.07. The van der Waals surface area contributed by atoms with Crippen molar-refractivity contribution in [3.8, 4) is 0 Å². The number of hydrogen-bond acceptors (Lipinski definition) is 5. The molecule has 164 valence electrons. The molecule has 32 heavy (non-hydrogen) atoms. The number of halogens is 4. The van der Waals surface area contributed by atoms with E-state index in [2.05, 4.69) is 0 Å². The summed E-state index contributed by atoms with van der Waals surface area (Å²) < 4.78 is 39.2. The number of carbonyl (C=O) groups is 3. The lowest BCUT2D eigenvalue weighted by molar-refractivity contribution is -0.137. The topological polar surface area (TPSA) is 57.7 Å². The molecule has 5 nitrogen and oxygen atoms in total. The predicted octanol–water partition coefficient (Wildman–Crippen LogP) is 4.89. The third kappa shape index (κ3) is 4.17. The van der Waals surface area contributed by atoms with E-state index in [0.29, 0.717) is 15.5 Å². The largest absolute Gasteiger partial charge is 0.416 e. The van der Waals surface area contributed by atoms with Crippen molar-refractivity contribution in [2.24, 2.45) is 0 Å². The van der Waals surface area contributed by atoms with E-state index in [1.807, 2.05) is 0 Å². The molecule has 0 radical (unpaired) electrons. The smallest absolute Gasteiger partial charge is 0.280 e. The van der Waals surface area contributed by atoms with Gasteiger partial charge in [0.2, 0.25) is 5.91 Å². The molecule has 1 unspecified atom stereocenters. The van der Waals surface area contributed by atoms with E-state index >= 15 is 0 Å². The molecule has 0 spiro atoms. The average molecular weight is 497 g/mol. The first-order valence-electron chi connectivity index (χ1n) is 9.13. The van der Waals surface area contributed by atoms with Gasteiger partial charge in [-0.05, 0) is 42.0 Å². The molecule has 4 rings (SSSR count). The molecule has 2 aliphatic rings. The fourth-order valence-corrected chi connectivity index (χ4v) is 4.85. The van der Waals surface area contributed by atoms with Gasteiger partial charge in [-0.25, -0.2) is 4.90 Å². The Morgan fingerprint density at radius 2 is 1.78 bits per heavy atom. The molecule has 0 aromatic heterocycles. The van der Waals surface area contributed by atoms with Crippen molar-refractivity contribution in [1.29, 1.82) is 0 Å². The van der Waals surface area contributed by atoms with Gasteiger partial charge in [-0.15, -0.1) is 0 Å². The molecule has 0 N–H and O–H groups in total. The highest BCUT2D eigenvalue weighted by Gasteiger charge is 2.49. The maximum Gasteiger partial charge on any atom is 0.416 e. The van der Waals surface area contributed by atoms with Crippen molar-refractivity contribution in [3.63, 3.8) is 0 Å². The highest BCUT2D eigenvalue weighted by molar-refractivity contribution is 8.26. The summed E-state index contributed by atoms with van der Waals surface area (Å²) in [5.41, 5.74) is -0.510. The van der Waals surface area contributed by atoms with Gasteiger partial charge in [-0.2, -0.15) is 13.2 Å². The number of rotatable bonds is 3. The third-order valence-corrected chi connectivity index (χ3v) is 6.44. The van der Waals surface area contributed by atoms with Gasteiger partial charge in [-0.1, -0.05) is 53.8 Å². The number of amides is 3. The number of benzene rings is 2. The summed E-state index contributed by atoms with van der Waals surface area (Å²) in [5, 5.41) is 0.527. The minimum Gasteiger partial charge on any atom is -0.280 e. The molecule has 2 aliphatic heterocycles. The second-order valence-corrected chi connectivity index (χ2v) is 9.05. The highest BCUT2D eigenvalue weighted by atomic mass is 35.5. The molecule has 0 saturated carbocycles. The number of alkyl halides is 3. The molecular weight excluding hydrogens is 485 g/mol. The SMILES string of the molecule is O=C1CC(N2C(=O)/C(=C/c3ccc(Cl)cc3)SC2=S)C(=O)N1c1cccc(C(F)(F)F)c1. The first kappa shape index (κ1) is 22.5. The van der Waals surface area contributed by atoms with Crippen LogP contribution in [-0.4, -0.2) is 33.0 Å². The molecule has 11 heteroatoms. The summed E-state index contributed by atoms with van der Waals surface area (Å²) in [6.45, 7) is 0. The van der Waals surface area contributed by atoms with Crippen molar-refractivity contribution in [2.45, 2.75) is 18.6 Å². The minimum atomic E-state index is -4.63. The Morgan fingerprint density at radius 1 is 1.09 bits per heavy atom. The number of thioether (sulfide) groups is 1. The molecule has 0 bridgehead atoms. The molecule has 2 aromatic carbocycles. The second kappa shape index (κ2) is 8.34. The van der Waals surface area contributed by atoms with Crippen molar-refractivity contribution < 1.29 is 27.6 Å². The van der Waals surface area contributed by atoms with Gasteiger partial charge in [0.1, 0.15) is 10.4 Å². The molecular formula is C21H12ClF3N2O3S2. The zero-order valence-corrected chi connectivity index (χ0v) is 18.3. The molecule has 2 fully saturated rings. The first-order valence-corrected chi connectivity index (χ1v) is 10.7. The molecule has 3 amide bonds. The fourth-order valence-electron chi connectivity index (χ4n) is 3.37. The number of imide groups is 1. The van der Waals surface area contributed by atoms with Crippen LogP contribution in [0.4, 0.5) is 18.9 Å². The van der Waals surface area contributed by atoms with Crippen LogP contribution in [0.2, 0.25) is 5.02 Å². The van der Waals surface area contributed by atoms with Gasteiger partial charge in [0.05, 0.1) is 22.6 Å². The maximum absolute atomic E-state index is 13.0. The zero-order chi connectivity index (χ0) is 23.2. The van der Waals surface area contributed by atoms with Gasteiger partial charge in [0, 0.05) is 5.02 Å². The van der Waals surface area contributed by atoms with E-state index in [-0.39, 0.29) is 21.3 Å². The maximum atomic E-state index is 13.0. The average Bonchev–Trinajstić information content (AvgIpc) is 3.17. The molecule has 0 aliphatic carbocycles. The Balaban J connectivity index is 1.60. The summed E-state index contributed by atoms with van der Waals surface area (Å²) in [6.07, 6.45) is -3.43. The lowest BCUT2D eigenvalue weighted by Crippen LogP contribution is -2.44. The fraction of sp³-hybridized carbons (Fsp3) is 0.143. The normalized spacial score (nSPS) is 20.8. The predicted molar refractivity (Wildman–Crippen MR) is 119 cm³/mol. The summed E-state index contributed by atoms with van der Waals surface area (Å²) >= 11 is 12.1. The van der Waals surface area contributed by atoms with Gasteiger partial charge < -0.3 is 0 Å². The van der Waals surface area contributed by atoms with Crippen LogP contribution < -0.4 is 4.90 Å². The van der Waals surface area contributed by atoms with Crippen molar-refractivity contribution >= 4 is 69.4 Å². The van der Waals surface area contributed by atoms with Gasteiger partial charge in [-0.3, -0.25) is 19.3 Å². The number of anilines is 1. The van der Waals surface area contributed by atoms with Crippen LogP contribution in [0, 0.1) is 0 Å². The molecule has 2 heterocycles. The Labute approximate surface area is 194 Å². The van der Waals surface area contributed by atoms with E-state index < -0.39 is 35.5 Å². The standard InChI is InChI=1S/C21H12ClF3N2O3S2/c22-13-6-4-11(5-7-13)8-16-19(30)27(20(31)32-16)15-10-17(28)26(18(15)29)14-3-1-2-12(9-14)21(23,24)25/h1-9,15H,10H2/b16-8-. The van der Waals surface area contributed by atoms with Crippen molar-refractivity contribution in [1.82, 2.24) is 4.90 Å². The van der Waals surface area contributed by atoms with E-state index in [4.69, 9.17) is 23.8 Å². The Hall–Kier alpha value is -2.69. The number of nitrogens with zero attached hydrogens (tertiary/aromatic N) is 2. The van der Waals surface area contributed by atoms with Crippen LogP contribution in [0.1, 0.15) is 17.5 Å². The van der Waals surface area contributed by atoms with E-state index in [1.54, 1.807) is 30.3 Å². The molecule has 1 atom stereocenters. The third-order valence-electron chi connectivity index (χ3n) is 4.86. The van der Waals surface area contributed by atoms with E-state index in [0.717, 1.165) is 34.9 Å². The quantitative estimate of drug-likeness (QED) is 0.344.